The second-order valence-electron chi connectivity index (χ2n) is 5.25. The molecule has 2 aromatic carbocycles. The SMILES string of the molecule is Cc1cc(O)cc(Cl)c1OCCCCNC(=O)c1ccccc1. The zero-order valence-electron chi connectivity index (χ0n) is 13.0. The summed E-state index contributed by atoms with van der Waals surface area (Å²) in [6, 6.07) is 12.2. The molecule has 5 heteroatoms. The Hall–Kier alpha value is -2.20. The van der Waals surface area contributed by atoms with Gasteiger partial charge in [-0.05, 0) is 43.5 Å². The van der Waals surface area contributed by atoms with Crippen LogP contribution < -0.4 is 10.1 Å². The van der Waals surface area contributed by atoms with Crippen LogP contribution in [0.1, 0.15) is 28.8 Å². The first-order valence-electron chi connectivity index (χ1n) is 7.53. The smallest absolute Gasteiger partial charge is 0.251 e. The number of carbonyl (C=O) groups is 1. The summed E-state index contributed by atoms with van der Waals surface area (Å²) in [5.74, 6) is 0.658. The number of rotatable bonds is 7. The van der Waals surface area contributed by atoms with Crippen molar-refractivity contribution in [1.82, 2.24) is 5.32 Å². The standard InChI is InChI=1S/C18H20ClNO3/c1-13-11-15(21)12-16(19)17(13)23-10-6-5-9-20-18(22)14-7-3-2-4-8-14/h2-4,7-8,11-12,21H,5-6,9-10H2,1H3,(H,20,22). The minimum atomic E-state index is -0.0658. The Balaban J connectivity index is 1.68. The van der Waals surface area contributed by atoms with Gasteiger partial charge in [-0.25, -0.2) is 0 Å². The Kier molecular flexibility index (Phi) is 6.29. The van der Waals surface area contributed by atoms with E-state index in [-0.39, 0.29) is 11.7 Å². The van der Waals surface area contributed by atoms with Gasteiger partial charge >= 0.3 is 0 Å². The van der Waals surface area contributed by atoms with Crippen molar-refractivity contribution in [3.63, 3.8) is 0 Å². The van der Waals surface area contributed by atoms with Crippen LogP contribution in [0.2, 0.25) is 5.02 Å². The number of hydrogen-bond donors (Lipinski definition) is 2. The van der Waals surface area contributed by atoms with Crippen LogP contribution in [0, 0.1) is 6.92 Å². The molecule has 0 aliphatic heterocycles. The molecule has 4 nitrogen and oxygen atoms in total. The summed E-state index contributed by atoms with van der Waals surface area (Å²) in [5.41, 5.74) is 1.46. The van der Waals surface area contributed by atoms with Crippen molar-refractivity contribution in [2.24, 2.45) is 0 Å². The van der Waals surface area contributed by atoms with E-state index in [0.29, 0.717) is 29.5 Å². The highest BCUT2D eigenvalue weighted by molar-refractivity contribution is 6.32. The van der Waals surface area contributed by atoms with Crippen LogP contribution in [0.3, 0.4) is 0 Å². The molecule has 0 saturated heterocycles. The fourth-order valence-electron chi connectivity index (χ4n) is 2.19. The summed E-state index contributed by atoms with van der Waals surface area (Å²) in [6.45, 7) is 2.94. The van der Waals surface area contributed by atoms with Gasteiger partial charge in [0.1, 0.15) is 11.5 Å². The monoisotopic (exact) mass is 333 g/mol. The zero-order valence-corrected chi connectivity index (χ0v) is 13.8. The van der Waals surface area contributed by atoms with Crippen LogP contribution in [0.4, 0.5) is 0 Å². The number of nitrogens with one attached hydrogen (secondary N) is 1. The van der Waals surface area contributed by atoms with Gasteiger partial charge in [0.15, 0.2) is 0 Å². The molecule has 0 atom stereocenters. The number of halogens is 1. The predicted octanol–water partition coefficient (Wildman–Crippen LogP) is 3.94. The number of amides is 1. The molecule has 0 aliphatic carbocycles. The van der Waals surface area contributed by atoms with Gasteiger partial charge in [0.05, 0.1) is 11.6 Å². The van der Waals surface area contributed by atoms with Gasteiger partial charge in [-0.3, -0.25) is 4.79 Å². The van der Waals surface area contributed by atoms with Gasteiger partial charge in [0.2, 0.25) is 0 Å². The number of aromatic hydroxyl groups is 1. The third kappa shape index (κ3) is 5.18. The normalized spacial score (nSPS) is 10.3. The van der Waals surface area contributed by atoms with Crippen LogP contribution in [-0.2, 0) is 0 Å². The van der Waals surface area contributed by atoms with E-state index < -0.39 is 0 Å². The quantitative estimate of drug-likeness (QED) is 0.754. The second-order valence-corrected chi connectivity index (χ2v) is 5.66. The van der Waals surface area contributed by atoms with Crippen LogP contribution in [-0.4, -0.2) is 24.2 Å². The molecule has 0 fully saturated rings. The summed E-state index contributed by atoms with van der Waals surface area (Å²) in [7, 11) is 0. The van der Waals surface area contributed by atoms with Gasteiger partial charge in [-0.2, -0.15) is 0 Å². The average molecular weight is 334 g/mol. The lowest BCUT2D eigenvalue weighted by Gasteiger charge is -2.11. The maximum Gasteiger partial charge on any atom is 0.251 e. The van der Waals surface area contributed by atoms with Crippen LogP contribution in [0.5, 0.6) is 11.5 Å². The molecule has 0 saturated carbocycles. The molecule has 23 heavy (non-hydrogen) atoms. The minimum absolute atomic E-state index is 0.0658. The predicted molar refractivity (Wildman–Crippen MR) is 91.4 cm³/mol. The number of ether oxygens (including phenoxy) is 1. The topological polar surface area (TPSA) is 58.6 Å². The number of phenolic OH excluding ortho intramolecular Hbond substituents is 1. The first kappa shape index (κ1) is 17.2. The number of unbranched alkanes of at least 4 members (excludes halogenated alkanes) is 1. The maximum atomic E-state index is 11.8. The van der Waals surface area contributed by atoms with E-state index in [1.807, 2.05) is 25.1 Å². The lowest BCUT2D eigenvalue weighted by Crippen LogP contribution is -2.24. The maximum absolute atomic E-state index is 11.8. The number of phenols is 1. The third-order valence-electron chi connectivity index (χ3n) is 3.35. The van der Waals surface area contributed by atoms with Crippen molar-refractivity contribution in [3.8, 4) is 11.5 Å². The van der Waals surface area contributed by atoms with Gasteiger partial charge in [-0.1, -0.05) is 29.8 Å². The van der Waals surface area contributed by atoms with Crippen molar-refractivity contribution in [1.29, 1.82) is 0 Å². The van der Waals surface area contributed by atoms with Gasteiger partial charge in [0.25, 0.3) is 5.91 Å². The summed E-state index contributed by atoms with van der Waals surface area (Å²) >= 11 is 6.04. The molecule has 2 rings (SSSR count). The molecule has 122 valence electrons. The van der Waals surface area contributed by atoms with Crippen LogP contribution in [0.15, 0.2) is 42.5 Å². The van der Waals surface area contributed by atoms with Crippen molar-refractivity contribution in [2.45, 2.75) is 19.8 Å². The highest BCUT2D eigenvalue weighted by Gasteiger charge is 2.08. The van der Waals surface area contributed by atoms with E-state index in [0.717, 1.165) is 18.4 Å². The van der Waals surface area contributed by atoms with E-state index in [9.17, 15) is 9.90 Å². The zero-order chi connectivity index (χ0) is 16.7. The van der Waals surface area contributed by atoms with Gasteiger partial charge in [0, 0.05) is 18.2 Å². The Morgan fingerprint density at radius 2 is 1.96 bits per heavy atom. The first-order chi connectivity index (χ1) is 11.1. The highest BCUT2D eigenvalue weighted by atomic mass is 35.5. The summed E-state index contributed by atoms with van der Waals surface area (Å²) in [5, 5.41) is 12.7. The van der Waals surface area contributed by atoms with E-state index in [1.54, 1.807) is 18.2 Å². The Morgan fingerprint density at radius 3 is 2.65 bits per heavy atom. The number of benzene rings is 2. The highest BCUT2D eigenvalue weighted by Crippen LogP contribution is 2.32. The van der Waals surface area contributed by atoms with Crippen molar-refractivity contribution >= 4 is 17.5 Å². The molecule has 0 radical (unpaired) electrons. The third-order valence-corrected chi connectivity index (χ3v) is 3.63. The lowest BCUT2D eigenvalue weighted by molar-refractivity contribution is 0.0952. The molecular weight excluding hydrogens is 314 g/mol. The number of carbonyl (C=O) groups excluding carboxylic acids is 1. The summed E-state index contributed by atoms with van der Waals surface area (Å²) in [4.78, 5) is 11.8. The van der Waals surface area contributed by atoms with Crippen molar-refractivity contribution < 1.29 is 14.6 Å². The first-order valence-corrected chi connectivity index (χ1v) is 7.91. The molecule has 0 aliphatic rings. The van der Waals surface area contributed by atoms with Gasteiger partial charge in [-0.15, -0.1) is 0 Å². The Bertz CT molecular complexity index is 636. The molecule has 0 heterocycles. The fourth-order valence-corrected chi connectivity index (χ4v) is 2.51. The molecule has 0 aromatic heterocycles. The van der Waals surface area contributed by atoms with E-state index in [2.05, 4.69) is 5.32 Å². The Morgan fingerprint density at radius 1 is 1.22 bits per heavy atom. The minimum Gasteiger partial charge on any atom is -0.508 e. The van der Waals surface area contributed by atoms with Crippen molar-refractivity contribution in [2.75, 3.05) is 13.2 Å². The lowest BCUT2D eigenvalue weighted by atomic mass is 10.2. The molecule has 2 aromatic rings. The number of aryl methyl sites for hydroxylation is 1. The van der Waals surface area contributed by atoms with E-state index in [1.165, 1.54) is 6.07 Å². The Labute approximate surface area is 141 Å². The van der Waals surface area contributed by atoms with E-state index in [4.69, 9.17) is 16.3 Å². The largest absolute Gasteiger partial charge is 0.508 e. The van der Waals surface area contributed by atoms with Crippen LogP contribution >= 0.6 is 11.6 Å². The molecule has 0 spiro atoms. The van der Waals surface area contributed by atoms with Gasteiger partial charge < -0.3 is 15.2 Å². The fraction of sp³-hybridized carbons (Fsp3) is 0.278. The number of hydrogen-bond acceptors (Lipinski definition) is 3. The summed E-state index contributed by atoms with van der Waals surface area (Å²) < 4.78 is 5.66. The molecule has 1 amide bonds. The van der Waals surface area contributed by atoms with Crippen LogP contribution in [0.25, 0.3) is 0 Å². The molecule has 2 N–H and O–H groups in total. The second kappa shape index (κ2) is 8.44. The van der Waals surface area contributed by atoms with Crippen molar-refractivity contribution in [3.05, 3.63) is 58.6 Å². The summed E-state index contributed by atoms with van der Waals surface area (Å²) in [6.07, 6.45) is 1.61. The molecule has 0 bridgehead atoms. The molecular formula is C18H20ClNO3. The van der Waals surface area contributed by atoms with E-state index >= 15 is 0 Å². The average Bonchev–Trinajstić information content (AvgIpc) is 2.53. The molecule has 0 unspecified atom stereocenters.